The van der Waals surface area contributed by atoms with E-state index < -0.39 is 5.82 Å². The Bertz CT molecular complexity index is 1150. The van der Waals surface area contributed by atoms with Crippen molar-refractivity contribution in [1.82, 2.24) is 24.6 Å². The summed E-state index contributed by atoms with van der Waals surface area (Å²) >= 11 is 0. The van der Waals surface area contributed by atoms with Crippen LogP contribution in [0.2, 0.25) is 0 Å². The molecule has 0 unspecified atom stereocenters. The van der Waals surface area contributed by atoms with Crippen molar-refractivity contribution in [3.05, 3.63) is 48.0 Å². The molecule has 1 saturated heterocycles. The molecule has 9 nitrogen and oxygen atoms in total. The van der Waals surface area contributed by atoms with Gasteiger partial charge in [0.15, 0.2) is 11.3 Å². The highest BCUT2D eigenvalue weighted by molar-refractivity contribution is 5.81. The smallest absolute Gasteiger partial charge is 0.410 e. The van der Waals surface area contributed by atoms with Crippen LogP contribution in [0.4, 0.5) is 14.9 Å². The van der Waals surface area contributed by atoms with Crippen LogP contribution >= 0.6 is 0 Å². The van der Waals surface area contributed by atoms with Crippen LogP contribution in [0.25, 0.3) is 21.6 Å². The van der Waals surface area contributed by atoms with E-state index in [2.05, 4.69) is 19.9 Å². The summed E-state index contributed by atoms with van der Waals surface area (Å²) in [6, 6.07) is 4.17. The zero-order valence-electron chi connectivity index (χ0n) is 17.2. The van der Waals surface area contributed by atoms with Crippen LogP contribution in [-0.2, 0) is 4.74 Å². The van der Waals surface area contributed by atoms with Gasteiger partial charge in [0, 0.05) is 25.9 Å². The van der Waals surface area contributed by atoms with Gasteiger partial charge in [-0.25, -0.2) is 28.7 Å². The summed E-state index contributed by atoms with van der Waals surface area (Å²) in [7, 11) is 0. The molecule has 4 rings (SSSR count). The molecule has 160 valence electrons. The number of carbonyl (C=O) groups excluding carboxylic acids is 1. The molecule has 0 N–H and O–H groups in total. The van der Waals surface area contributed by atoms with Gasteiger partial charge in [-0.1, -0.05) is 6.07 Å². The standard InChI is InChI=1S/C21H21FN6O3/c1-13(2)30-21(29)27-8-6-15(7-9-27)31-20-16-11-26-28(19(16)24-12-25-20)18-5-4-14(23-3)10-17(18)22/h4-5,10-13,15H,6-9H2,1-2H3. The van der Waals surface area contributed by atoms with E-state index in [1.165, 1.54) is 29.3 Å². The number of aromatic nitrogens is 4. The molecule has 0 atom stereocenters. The molecule has 0 spiro atoms. The Kier molecular flexibility index (Phi) is 5.66. The van der Waals surface area contributed by atoms with E-state index in [1.807, 2.05) is 13.8 Å². The normalized spacial score (nSPS) is 14.6. The number of fused-ring (bicyclic) bond motifs is 1. The van der Waals surface area contributed by atoms with E-state index >= 15 is 0 Å². The maximum Gasteiger partial charge on any atom is 0.410 e. The second-order valence-electron chi connectivity index (χ2n) is 7.46. The molecule has 31 heavy (non-hydrogen) atoms. The summed E-state index contributed by atoms with van der Waals surface area (Å²) in [6.07, 6.45) is 3.55. The van der Waals surface area contributed by atoms with Crippen molar-refractivity contribution in [3.63, 3.8) is 0 Å². The lowest BCUT2D eigenvalue weighted by Crippen LogP contribution is -2.42. The van der Waals surface area contributed by atoms with E-state index in [-0.39, 0.29) is 29.7 Å². The Morgan fingerprint density at radius 3 is 2.74 bits per heavy atom. The fraction of sp³-hybridized carbons (Fsp3) is 0.381. The number of halogens is 1. The molecule has 1 aliphatic rings. The van der Waals surface area contributed by atoms with Gasteiger partial charge in [0.25, 0.3) is 0 Å². The van der Waals surface area contributed by atoms with E-state index in [1.54, 1.807) is 4.90 Å². The summed E-state index contributed by atoms with van der Waals surface area (Å²) in [6.45, 7) is 11.7. The van der Waals surface area contributed by atoms with Crippen molar-refractivity contribution < 1.29 is 18.7 Å². The van der Waals surface area contributed by atoms with Gasteiger partial charge in [0.2, 0.25) is 5.88 Å². The van der Waals surface area contributed by atoms with E-state index in [0.29, 0.717) is 42.8 Å². The Morgan fingerprint density at radius 1 is 1.29 bits per heavy atom. The molecule has 3 aromatic rings. The fourth-order valence-electron chi connectivity index (χ4n) is 3.42. The van der Waals surface area contributed by atoms with Gasteiger partial charge in [0.05, 0.1) is 18.9 Å². The van der Waals surface area contributed by atoms with Gasteiger partial charge in [0.1, 0.15) is 29.3 Å². The minimum absolute atomic E-state index is 0.126. The SMILES string of the molecule is [C-]#[N+]c1ccc(-n2ncc3c(OC4CCN(C(=O)OC(C)C)CC4)ncnc32)c(F)c1. The Morgan fingerprint density at radius 2 is 2.06 bits per heavy atom. The highest BCUT2D eigenvalue weighted by Gasteiger charge is 2.26. The molecule has 10 heteroatoms. The summed E-state index contributed by atoms with van der Waals surface area (Å²) < 4.78 is 27.1. The minimum Gasteiger partial charge on any atom is -0.474 e. The Hall–Kier alpha value is -3.74. The molecule has 0 saturated carbocycles. The molecule has 1 amide bonds. The van der Waals surface area contributed by atoms with E-state index in [0.717, 1.165) is 6.07 Å². The number of rotatable bonds is 4. The van der Waals surface area contributed by atoms with Crippen LogP contribution in [0, 0.1) is 12.4 Å². The number of likely N-dealkylation sites (tertiary alicyclic amines) is 1. The zero-order valence-corrected chi connectivity index (χ0v) is 17.2. The van der Waals surface area contributed by atoms with Crippen molar-refractivity contribution >= 4 is 22.8 Å². The molecule has 0 bridgehead atoms. The quantitative estimate of drug-likeness (QED) is 0.591. The predicted octanol–water partition coefficient (Wildman–Crippen LogP) is 3.89. The number of amides is 1. The van der Waals surface area contributed by atoms with Crippen molar-refractivity contribution in [2.45, 2.75) is 38.9 Å². The van der Waals surface area contributed by atoms with Crippen LogP contribution < -0.4 is 4.74 Å². The lowest BCUT2D eigenvalue weighted by atomic mass is 10.1. The summed E-state index contributed by atoms with van der Waals surface area (Å²) in [5, 5.41) is 4.80. The van der Waals surface area contributed by atoms with Crippen LogP contribution in [0.5, 0.6) is 5.88 Å². The van der Waals surface area contributed by atoms with Crippen molar-refractivity contribution in [2.75, 3.05) is 13.1 Å². The number of carbonyl (C=O) groups is 1. The van der Waals surface area contributed by atoms with Crippen LogP contribution in [-0.4, -0.2) is 56.0 Å². The average molecular weight is 424 g/mol. The lowest BCUT2D eigenvalue weighted by Gasteiger charge is -2.31. The minimum atomic E-state index is -0.569. The summed E-state index contributed by atoms with van der Waals surface area (Å²) in [5.74, 6) is -0.210. The maximum absolute atomic E-state index is 14.5. The van der Waals surface area contributed by atoms with Gasteiger partial charge in [-0.2, -0.15) is 5.10 Å². The molecule has 0 aliphatic carbocycles. The number of piperidine rings is 1. The lowest BCUT2D eigenvalue weighted by molar-refractivity contribution is 0.0511. The number of hydrogen-bond donors (Lipinski definition) is 0. The molecule has 3 heterocycles. The number of nitrogens with zero attached hydrogens (tertiary/aromatic N) is 6. The molecule has 1 fully saturated rings. The average Bonchev–Trinajstić information content (AvgIpc) is 3.18. The molecular weight excluding hydrogens is 403 g/mol. The third-order valence-corrected chi connectivity index (χ3v) is 4.93. The van der Waals surface area contributed by atoms with Crippen molar-refractivity contribution in [3.8, 4) is 11.6 Å². The topological polar surface area (TPSA) is 86.7 Å². The second-order valence-corrected chi connectivity index (χ2v) is 7.46. The summed E-state index contributed by atoms with van der Waals surface area (Å²) in [4.78, 5) is 25.4. The molecular formula is C21H21FN6O3. The second kappa shape index (κ2) is 8.55. The van der Waals surface area contributed by atoms with Gasteiger partial charge in [-0.15, -0.1) is 0 Å². The highest BCUT2D eigenvalue weighted by atomic mass is 19.1. The predicted molar refractivity (Wildman–Crippen MR) is 110 cm³/mol. The fourth-order valence-corrected chi connectivity index (χ4v) is 3.42. The van der Waals surface area contributed by atoms with E-state index in [4.69, 9.17) is 16.0 Å². The Balaban J connectivity index is 1.51. The third kappa shape index (κ3) is 4.26. The monoisotopic (exact) mass is 424 g/mol. The van der Waals surface area contributed by atoms with Gasteiger partial charge >= 0.3 is 6.09 Å². The van der Waals surface area contributed by atoms with Gasteiger partial charge in [-0.3, -0.25) is 0 Å². The largest absolute Gasteiger partial charge is 0.474 e. The van der Waals surface area contributed by atoms with Crippen molar-refractivity contribution in [2.24, 2.45) is 0 Å². The van der Waals surface area contributed by atoms with Crippen LogP contribution in [0.15, 0.2) is 30.7 Å². The third-order valence-electron chi connectivity index (χ3n) is 4.93. The first-order valence-electron chi connectivity index (χ1n) is 9.94. The zero-order chi connectivity index (χ0) is 22.0. The molecule has 0 radical (unpaired) electrons. The van der Waals surface area contributed by atoms with E-state index in [9.17, 15) is 9.18 Å². The number of hydrogen-bond acceptors (Lipinski definition) is 6. The molecule has 2 aromatic heterocycles. The summed E-state index contributed by atoms with van der Waals surface area (Å²) in [5.41, 5.74) is 0.793. The number of ether oxygens (including phenoxy) is 2. The Labute approximate surface area is 178 Å². The van der Waals surface area contributed by atoms with Crippen LogP contribution in [0.1, 0.15) is 26.7 Å². The number of benzene rings is 1. The van der Waals surface area contributed by atoms with Gasteiger partial charge < -0.3 is 14.4 Å². The van der Waals surface area contributed by atoms with Crippen LogP contribution in [0.3, 0.4) is 0 Å². The first kappa shape index (κ1) is 20.5. The first-order chi connectivity index (χ1) is 15.0. The first-order valence-corrected chi connectivity index (χ1v) is 9.94. The van der Waals surface area contributed by atoms with Crippen molar-refractivity contribution in [1.29, 1.82) is 0 Å². The molecule has 1 aliphatic heterocycles. The highest BCUT2D eigenvalue weighted by Crippen LogP contribution is 2.28. The molecule has 1 aromatic carbocycles. The van der Waals surface area contributed by atoms with Gasteiger partial charge in [-0.05, 0) is 26.0 Å². The maximum atomic E-state index is 14.5.